The second-order valence-corrected chi connectivity index (χ2v) is 9.19. The van der Waals surface area contributed by atoms with Gasteiger partial charge in [-0.25, -0.2) is 9.97 Å². The number of benzene rings is 2. The summed E-state index contributed by atoms with van der Waals surface area (Å²) in [6.07, 6.45) is 5.20. The van der Waals surface area contributed by atoms with Crippen molar-refractivity contribution < 1.29 is 14.4 Å². The van der Waals surface area contributed by atoms with Gasteiger partial charge in [-0.2, -0.15) is 0 Å². The molecule has 10 nitrogen and oxygen atoms in total. The largest absolute Gasteiger partial charge is 0.486 e. The van der Waals surface area contributed by atoms with E-state index in [-0.39, 0.29) is 24.1 Å². The van der Waals surface area contributed by atoms with E-state index in [0.717, 1.165) is 25.1 Å². The molecule has 190 valence electrons. The van der Waals surface area contributed by atoms with Crippen LogP contribution in [0.15, 0.2) is 61.1 Å². The van der Waals surface area contributed by atoms with Gasteiger partial charge in [0.05, 0.1) is 26.5 Å². The summed E-state index contributed by atoms with van der Waals surface area (Å²) >= 11 is 6.44. The zero-order chi connectivity index (χ0) is 25.8. The van der Waals surface area contributed by atoms with Gasteiger partial charge in [0.1, 0.15) is 31.1 Å². The maximum absolute atomic E-state index is 11.9. The average Bonchev–Trinajstić information content (AvgIpc) is 3.31. The lowest BCUT2D eigenvalue weighted by molar-refractivity contribution is -0.385. The maximum atomic E-state index is 11.9. The summed E-state index contributed by atoms with van der Waals surface area (Å²) < 4.78 is 11.7. The molecule has 4 aromatic rings. The summed E-state index contributed by atoms with van der Waals surface area (Å²) in [5.74, 6) is 1.11. The first-order chi connectivity index (χ1) is 18.0. The van der Waals surface area contributed by atoms with Crippen molar-refractivity contribution in [1.29, 1.82) is 0 Å². The highest BCUT2D eigenvalue weighted by molar-refractivity contribution is 6.32. The molecular formula is C26H25ClN6O4. The molecule has 5 rings (SSSR count). The Morgan fingerprint density at radius 2 is 2.03 bits per heavy atom. The zero-order valence-electron chi connectivity index (χ0n) is 20.1. The van der Waals surface area contributed by atoms with E-state index in [1.807, 2.05) is 25.2 Å². The summed E-state index contributed by atoms with van der Waals surface area (Å²) in [4.78, 5) is 26.5. The fourth-order valence-corrected chi connectivity index (χ4v) is 4.51. The van der Waals surface area contributed by atoms with Crippen molar-refractivity contribution >= 4 is 39.7 Å². The number of nitrogens with zero attached hydrogens (tertiary/aromatic N) is 5. The molecule has 0 radical (unpaired) electrons. The number of hydrogen-bond acceptors (Lipinski definition) is 9. The van der Waals surface area contributed by atoms with Crippen molar-refractivity contribution in [2.45, 2.75) is 25.5 Å². The topological polar surface area (TPSA) is 116 Å². The van der Waals surface area contributed by atoms with Crippen LogP contribution in [0.4, 0.5) is 17.2 Å². The number of aromatic nitrogens is 3. The van der Waals surface area contributed by atoms with Gasteiger partial charge in [0.25, 0.3) is 0 Å². The molecule has 1 atom stereocenters. The van der Waals surface area contributed by atoms with Gasteiger partial charge in [-0.3, -0.25) is 15.1 Å². The lowest BCUT2D eigenvalue weighted by Gasteiger charge is -2.19. The Hall–Kier alpha value is -4.02. The minimum absolute atomic E-state index is 0.137. The Morgan fingerprint density at radius 1 is 1.14 bits per heavy atom. The number of ether oxygens (including phenoxy) is 2. The molecule has 1 fully saturated rings. The van der Waals surface area contributed by atoms with Crippen molar-refractivity contribution in [1.82, 2.24) is 19.9 Å². The minimum Gasteiger partial charge on any atom is -0.486 e. The third-order valence-electron chi connectivity index (χ3n) is 6.31. The van der Waals surface area contributed by atoms with Gasteiger partial charge < -0.3 is 19.7 Å². The molecule has 1 N–H and O–H groups in total. The van der Waals surface area contributed by atoms with Crippen LogP contribution >= 0.6 is 11.6 Å². The number of fused-ring (bicyclic) bond motifs is 1. The van der Waals surface area contributed by atoms with Crippen molar-refractivity contribution in [2.24, 2.45) is 0 Å². The zero-order valence-corrected chi connectivity index (χ0v) is 20.9. The number of likely N-dealkylation sites (N-methyl/N-ethyl adjacent to an activating group) is 1. The number of pyridine rings is 1. The van der Waals surface area contributed by atoms with E-state index in [1.54, 1.807) is 30.5 Å². The molecule has 0 saturated carbocycles. The first-order valence-electron chi connectivity index (χ1n) is 11.8. The molecular weight excluding hydrogens is 496 g/mol. The highest BCUT2D eigenvalue weighted by Gasteiger charge is 2.24. The Bertz CT molecular complexity index is 1420. The highest BCUT2D eigenvalue weighted by atomic mass is 35.5. The van der Waals surface area contributed by atoms with E-state index in [4.69, 9.17) is 21.1 Å². The number of nitro benzene ring substituents is 1. The minimum atomic E-state index is -0.450. The van der Waals surface area contributed by atoms with E-state index >= 15 is 0 Å². The number of hydrogen-bond donors (Lipinski definition) is 1. The van der Waals surface area contributed by atoms with Gasteiger partial charge in [0, 0.05) is 30.1 Å². The predicted octanol–water partition coefficient (Wildman–Crippen LogP) is 5.38. The number of rotatable bonds is 9. The van der Waals surface area contributed by atoms with Gasteiger partial charge in [-0.1, -0.05) is 17.7 Å². The van der Waals surface area contributed by atoms with Gasteiger partial charge in [0.15, 0.2) is 5.75 Å². The Morgan fingerprint density at radius 3 is 2.76 bits per heavy atom. The van der Waals surface area contributed by atoms with E-state index < -0.39 is 4.92 Å². The second-order valence-electron chi connectivity index (χ2n) is 8.78. The summed E-state index contributed by atoms with van der Waals surface area (Å²) in [6.45, 7) is 1.67. The molecule has 0 unspecified atom stereocenters. The Labute approximate surface area is 218 Å². The lowest BCUT2D eigenvalue weighted by atomic mass is 10.2. The summed E-state index contributed by atoms with van der Waals surface area (Å²) in [6, 6.07) is 14.1. The summed E-state index contributed by atoms with van der Waals surface area (Å²) in [5.41, 5.74) is 1.82. The summed E-state index contributed by atoms with van der Waals surface area (Å²) in [5, 5.41) is 15.9. The van der Waals surface area contributed by atoms with Crippen LogP contribution in [-0.2, 0) is 6.61 Å². The molecule has 2 aromatic heterocycles. The molecule has 3 heterocycles. The van der Waals surface area contributed by atoms with E-state index in [1.165, 1.54) is 12.4 Å². The summed E-state index contributed by atoms with van der Waals surface area (Å²) in [7, 11) is 2.03. The number of nitro groups is 1. The third-order valence-corrected chi connectivity index (χ3v) is 6.61. The molecule has 0 spiro atoms. The van der Waals surface area contributed by atoms with Gasteiger partial charge in [-0.05, 0) is 56.8 Å². The molecule has 37 heavy (non-hydrogen) atoms. The molecule has 1 saturated heterocycles. The van der Waals surface area contributed by atoms with Crippen LogP contribution < -0.4 is 14.8 Å². The fourth-order valence-electron chi connectivity index (χ4n) is 4.27. The van der Waals surface area contributed by atoms with E-state index in [2.05, 4.69) is 25.2 Å². The average molecular weight is 521 g/mol. The Balaban J connectivity index is 1.36. The SMILES string of the molecule is CN1CCC[C@H]1COc1cc2ncnc(Nc3ccc(OCc4ccccn4)c(Cl)c3)c2cc1[N+](=O)[O-]. The van der Waals surface area contributed by atoms with Gasteiger partial charge in [0.2, 0.25) is 0 Å². The third kappa shape index (κ3) is 5.71. The maximum Gasteiger partial charge on any atom is 0.311 e. The standard InChI is InChI=1S/C26H25ClN6O4/c1-32-10-4-6-19(32)15-37-25-13-22-20(12-23(25)33(34)35)26(30-16-29-22)31-17-7-8-24(21(27)11-17)36-14-18-5-2-3-9-28-18/h2-3,5,7-9,11-13,16,19H,4,6,10,14-15H2,1H3,(H,29,30,31)/t19-/m0/s1. The first kappa shape index (κ1) is 24.7. The number of halogens is 1. The fraction of sp³-hybridized carbons (Fsp3) is 0.269. The van der Waals surface area contributed by atoms with Crippen molar-refractivity contribution in [3.63, 3.8) is 0 Å². The van der Waals surface area contributed by atoms with Crippen LogP contribution in [-0.4, -0.2) is 51.0 Å². The van der Waals surface area contributed by atoms with Gasteiger partial charge >= 0.3 is 5.69 Å². The smallest absolute Gasteiger partial charge is 0.311 e. The van der Waals surface area contributed by atoms with E-state index in [9.17, 15) is 10.1 Å². The number of nitrogens with one attached hydrogen (secondary N) is 1. The highest BCUT2D eigenvalue weighted by Crippen LogP contribution is 2.36. The quantitative estimate of drug-likeness (QED) is 0.229. The molecule has 11 heteroatoms. The lowest BCUT2D eigenvalue weighted by Crippen LogP contribution is -2.30. The number of anilines is 2. The first-order valence-corrected chi connectivity index (χ1v) is 12.2. The molecule has 1 aliphatic heterocycles. The monoisotopic (exact) mass is 520 g/mol. The molecule has 0 aliphatic carbocycles. The van der Waals surface area contributed by atoms with E-state index in [0.29, 0.717) is 39.8 Å². The van der Waals surface area contributed by atoms with Crippen LogP contribution in [0.5, 0.6) is 11.5 Å². The van der Waals surface area contributed by atoms with Crippen LogP contribution in [0.3, 0.4) is 0 Å². The van der Waals surface area contributed by atoms with Crippen LogP contribution in [0, 0.1) is 10.1 Å². The molecule has 1 aliphatic rings. The van der Waals surface area contributed by atoms with Crippen molar-refractivity contribution in [3.8, 4) is 11.5 Å². The molecule has 0 bridgehead atoms. The number of likely N-dealkylation sites (tertiary alicyclic amines) is 1. The Kier molecular flexibility index (Phi) is 7.29. The second kappa shape index (κ2) is 10.9. The van der Waals surface area contributed by atoms with Crippen LogP contribution in [0.2, 0.25) is 5.02 Å². The van der Waals surface area contributed by atoms with Crippen LogP contribution in [0.25, 0.3) is 10.9 Å². The normalized spacial score (nSPS) is 15.6. The molecule has 2 aromatic carbocycles. The van der Waals surface area contributed by atoms with Crippen molar-refractivity contribution in [3.05, 3.63) is 81.9 Å². The van der Waals surface area contributed by atoms with Crippen molar-refractivity contribution in [2.75, 3.05) is 25.5 Å². The predicted molar refractivity (Wildman–Crippen MR) is 141 cm³/mol. The van der Waals surface area contributed by atoms with Gasteiger partial charge in [-0.15, -0.1) is 0 Å². The molecule has 0 amide bonds. The van der Waals surface area contributed by atoms with Crippen LogP contribution in [0.1, 0.15) is 18.5 Å².